The number of aromatic nitrogens is 2. The Kier molecular flexibility index (Phi) is 5.59. The van der Waals surface area contributed by atoms with Crippen LogP contribution in [0.15, 0.2) is 73.3 Å². The van der Waals surface area contributed by atoms with Gasteiger partial charge in [0.25, 0.3) is 5.91 Å². The van der Waals surface area contributed by atoms with Crippen LogP contribution < -0.4 is 5.73 Å². The Hall–Kier alpha value is -2.92. The monoisotopic (exact) mass is 334 g/mol. The number of imidazole rings is 1. The lowest BCUT2D eigenvalue weighted by atomic mass is 10.1. The van der Waals surface area contributed by atoms with Gasteiger partial charge in [-0.15, -0.1) is 0 Å². The van der Waals surface area contributed by atoms with Crippen molar-refractivity contribution in [1.29, 1.82) is 0 Å². The summed E-state index contributed by atoms with van der Waals surface area (Å²) in [6.45, 7) is 1.80. The molecule has 128 valence electrons. The van der Waals surface area contributed by atoms with Crippen LogP contribution in [0.1, 0.15) is 22.3 Å². The van der Waals surface area contributed by atoms with Crippen molar-refractivity contribution in [3.8, 4) is 5.69 Å². The third-order valence-electron chi connectivity index (χ3n) is 4.05. The zero-order valence-corrected chi connectivity index (χ0v) is 14.1. The Morgan fingerprint density at radius 3 is 2.48 bits per heavy atom. The number of benzene rings is 2. The molecule has 0 spiro atoms. The van der Waals surface area contributed by atoms with Crippen molar-refractivity contribution in [3.63, 3.8) is 0 Å². The van der Waals surface area contributed by atoms with Crippen LogP contribution in [0.25, 0.3) is 5.69 Å². The molecule has 2 aromatic carbocycles. The van der Waals surface area contributed by atoms with Gasteiger partial charge in [-0.25, -0.2) is 4.98 Å². The van der Waals surface area contributed by atoms with E-state index in [0.29, 0.717) is 25.2 Å². The molecule has 0 fully saturated rings. The highest BCUT2D eigenvalue weighted by Gasteiger charge is 2.16. The van der Waals surface area contributed by atoms with Crippen molar-refractivity contribution in [2.45, 2.75) is 13.0 Å². The van der Waals surface area contributed by atoms with E-state index >= 15 is 0 Å². The SMILES string of the molecule is NCCCN(Cc1ccccc1)C(=O)c1ccc(-n2ccnc2)cc1. The molecule has 0 aliphatic heterocycles. The second-order valence-corrected chi connectivity index (χ2v) is 5.87. The Morgan fingerprint density at radius 2 is 1.84 bits per heavy atom. The van der Waals surface area contributed by atoms with E-state index in [2.05, 4.69) is 4.98 Å². The lowest BCUT2D eigenvalue weighted by molar-refractivity contribution is 0.0742. The third kappa shape index (κ3) is 4.33. The molecule has 5 nitrogen and oxygen atoms in total. The number of nitrogens with zero attached hydrogens (tertiary/aromatic N) is 3. The normalized spacial score (nSPS) is 10.6. The number of carbonyl (C=O) groups is 1. The van der Waals surface area contributed by atoms with Gasteiger partial charge in [-0.2, -0.15) is 0 Å². The van der Waals surface area contributed by atoms with E-state index in [-0.39, 0.29) is 5.91 Å². The van der Waals surface area contributed by atoms with Crippen molar-refractivity contribution in [3.05, 3.63) is 84.4 Å². The molecule has 1 heterocycles. The molecule has 0 bridgehead atoms. The van der Waals surface area contributed by atoms with E-state index in [1.807, 2.05) is 70.3 Å². The Morgan fingerprint density at radius 1 is 1.08 bits per heavy atom. The molecule has 0 saturated carbocycles. The summed E-state index contributed by atoms with van der Waals surface area (Å²) in [4.78, 5) is 18.8. The molecule has 0 saturated heterocycles. The lowest BCUT2D eigenvalue weighted by Gasteiger charge is -2.23. The Balaban J connectivity index is 1.76. The Bertz CT molecular complexity index is 782. The van der Waals surface area contributed by atoms with Crippen LogP contribution in [-0.4, -0.2) is 33.4 Å². The van der Waals surface area contributed by atoms with Crippen molar-refractivity contribution in [2.75, 3.05) is 13.1 Å². The maximum absolute atomic E-state index is 12.9. The highest BCUT2D eigenvalue weighted by Crippen LogP contribution is 2.14. The molecule has 3 rings (SSSR count). The quantitative estimate of drug-likeness (QED) is 0.722. The molecular weight excluding hydrogens is 312 g/mol. The molecule has 2 N–H and O–H groups in total. The average Bonchev–Trinajstić information content (AvgIpc) is 3.20. The van der Waals surface area contributed by atoms with Crippen molar-refractivity contribution in [1.82, 2.24) is 14.5 Å². The van der Waals surface area contributed by atoms with Gasteiger partial charge in [-0.3, -0.25) is 4.79 Å². The summed E-state index contributed by atoms with van der Waals surface area (Å²) in [5.41, 5.74) is 8.41. The molecule has 25 heavy (non-hydrogen) atoms. The smallest absolute Gasteiger partial charge is 0.254 e. The first kappa shape index (κ1) is 16.9. The fraction of sp³-hybridized carbons (Fsp3) is 0.200. The molecule has 0 radical (unpaired) electrons. The van der Waals surface area contributed by atoms with Crippen molar-refractivity contribution >= 4 is 5.91 Å². The zero-order valence-electron chi connectivity index (χ0n) is 14.1. The number of hydrogen-bond donors (Lipinski definition) is 1. The van der Waals surface area contributed by atoms with Crippen LogP contribution in [-0.2, 0) is 6.54 Å². The third-order valence-corrected chi connectivity index (χ3v) is 4.05. The van der Waals surface area contributed by atoms with Gasteiger partial charge in [-0.05, 0) is 42.8 Å². The highest BCUT2D eigenvalue weighted by atomic mass is 16.2. The Labute approximate surface area is 147 Å². The van der Waals surface area contributed by atoms with Crippen LogP contribution in [0.5, 0.6) is 0 Å². The molecule has 0 unspecified atom stereocenters. The van der Waals surface area contributed by atoms with Crippen LogP contribution in [0.4, 0.5) is 0 Å². The number of amides is 1. The predicted octanol–water partition coefficient (Wildman–Crippen LogP) is 2.86. The number of nitrogens with two attached hydrogens (primary N) is 1. The second kappa shape index (κ2) is 8.26. The lowest BCUT2D eigenvalue weighted by Crippen LogP contribution is -2.32. The summed E-state index contributed by atoms with van der Waals surface area (Å²) in [6.07, 6.45) is 6.12. The first-order valence-electron chi connectivity index (χ1n) is 8.39. The van der Waals surface area contributed by atoms with E-state index in [1.54, 1.807) is 12.5 Å². The van der Waals surface area contributed by atoms with Crippen molar-refractivity contribution in [2.24, 2.45) is 5.73 Å². The summed E-state index contributed by atoms with van der Waals surface area (Å²) >= 11 is 0. The van der Waals surface area contributed by atoms with Crippen molar-refractivity contribution < 1.29 is 4.79 Å². The minimum atomic E-state index is 0.0227. The number of hydrogen-bond acceptors (Lipinski definition) is 3. The van der Waals surface area contributed by atoms with Crippen LogP contribution in [0, 0.1) is 0 Å². The summed E-state index contributed by atoms with van der Waals surface area (Å²) in [6, 6.07) is 17.6. The maximum atomic E-state index is 12.9. The fourth-order valence-corrected chi connectivity index (χ4v) is 2.71. The number of rotatable bonds is 7. The van der Waals surface area contributed by atoms with Gasteiger partial charge in [0, 0.05) is 36.7 Å². The van der Waals surface area contributed by atoms with Gasteiger partial charge < -0.3 is 15.2 Å². The predicted molar refractivity (Wildman–Crippen MR) is 98.4 cm³/mol. The molecular formula is C20H22N4O. The first-order chi connectivity index (χ1) is 12.3. The van der Waals surface area contributed by atoms with Gasteiger partial charge in [-0.1, -0.05) is 30.3 Å². The summed E-state index contributed by atoms with van der Waals surface area (Å²) in [5, 5.41) is 0. The van der Waals surface area contributed by atoms with E-state index in [9.17, 15) is 4.79 Å². The highest BCUT2D eigenvalue weighted by molar-refractivity contribution is 5.94. The average molecular weight is 334 g/mol. The van der Waals surface area contributed by atoms with Gasteiger partial charge >= 0.3 is 0 Å². The summed E-state index contributed by atoms with van der Waals surface area (Å²) < 4.78 is 1.91. The van der Waals surface area contributed by atoms with Gasteiger partial charge in [0.2, 0.25) is 0 Å². The topological polar surface area (TPSA) is 64.2 Å². The first-order valence-corrected chi connectivity index (χ1v) is 8.39. The zero-order chi connectivity index (χ0) is 17.5. The molecule has 0 aliphatic carbocycles. The number of carbonyl (C=O) groups excluding carboxylic acids is 1. The summed E-state index contributed by atoms with van der Waals surface area (Å²) in [5.74, 6) is 0.0227. The maximum Gasteiger partial charge on any atom is 0.254 e. The molecule has 5 heteroatoms. The molecule has 1 amide bonds. The molecule has 0 aliphatic rings. The van der Waals surface area contributed by atoms with Crippen LogP contribution in [0.3, 0.4) is 0 Å². The van der Waals surface area contributed by atoms with Crippen LogP contribution >= 0.6 is 0 Å². The summed E-state index contributed by atoms with van der Waals surface area (Å²) in [7, 11) is 0. The van der Waals surface area contributed by atoms with Gasteiger partial charge in [0.15, 0.2) is 0 Å². The van der Waals surface area contributed by atoms with E-state index in [1.165, 1.54) is 0 Å². The van der Waals surface area contributed by atoms with Crippen LogP contribution in [0.2, 0.25) is 0 Å². The van der Waals surface area contributed by atoms with Gasteiger partial charge in [0.05, 0.1) is 6.33 Å². The molecule has 3 aromatic rings. The fourth-order valence-electron chi connectivity index (χ4n) is 2.71. The van der Waals surface area contributed by atoms with E-state index in [0.717, 1.165) is 17.7 Å². The molecule has 0 atom stereocenters. The molecule has 1 aromatic heterocycles. The largest absolute Gasteiger partial charge is 0.334 e. The minimum Gasteiger partial charge on any atom is -0.334 e. The van der Waals surface area contributed by atoms with E-state index in [4.69, 9.17) is 5.73 Å². The second-order valence-electron chi connectivity index (χ2n) is 5.87. The standard InChI is InChI=1S/C20H22N4O/c21-11-4-13-23(15-17-5-2-1-3-6-17)20(25)18-7-9-19(10-8-18)24-14-12-22-16-24/h1-3,5-10,12,14,16H,4,11,13,15,21H2. The van der Waals surface area contributed by atoms with Gasteiger partial charge in [0.1, 0.15) is 0 Å². The minimum absolute atomic E-state index is 0.0227. The van der Waals surface area contributed by atoms with E-state index < -0.39 is 0 Å².